The lowest BCUT2D eigenvalue weighted by molar-refractivity contribution is 0.201. The summed E-state index contributed by atoms with van der Waals surface area (Å²) in [5, 5.41) is 8.53. The molecular weight excluding hydrogens is 166 g/mol. The first-order valence-electron chi connectivity index (χ1n) is 4.33. The van der Waals surface area contributed by atoms with E-state index in [1.54, 1.807) is 0 Å². The van der Waals surface area contributed by atoms with E-state index in [0.717, 1.165) is 11.3 Å². The number of rotatable bonds is 4. The third kappa shape index (κ3) is 3.05. The minimum Gasteiger partial charge on any atom is -0.491 e. The molecule has 72 valence electrons. The fraction of sp³-hybridized carbons (Fsp3) is 0.400. The van der Waals surface area contributed by atoms with E-state index in [4.69, 9.17) is 15.6 Å². The summed E-state index contributed by atoms with van der Waals surface area (Å²) in [7, 11) is 0. The van der Waals surface area contributed by atoms with Crippen molar-refractivity contribution >= 4 is 0 Å². The Morgan fingerprint density at radius 3 is 2.46 bits per heavy atom. The number of nitrogens with two attached hydrogens (primary N) is 1. The predicted molar refractivity (Wildman–Crippen MR) is 51.6 cm³/mol. The van der Waals surface area contributed by atoms with Crippen LogP contribution in [0, 0.1) is 0 Å². The first kappa shape index (κ1) is 10.0. The van der Waals surface area contributed by atoms with Gasteiger partial charge in [-0.05, 0) is 24.6 Å². The average molecular weight is 181 g/mol. The van der Waals surface area contributed by atoms with Crippen LogP contribution >= 0.6 is 0 Å². The highest BCUT2D eigenvalue weighted by Gasteiger charge is 1.98. The van der Waals surface area contributed by atoms with E-state index in [-0.39, 0.29) is 12.6 Å². The first-order valence-corrected chi connectivity index (χ1v) is 4.33. The second-order valence-corrected chi connectivity index (χ2v) is 2.93. The number of ether oxygens (including phenoxy) is 1. The molecule has 3 heteroatoms. The van der Waals surface area contributed by atoms with E-state index >= 15 is 0 Å². The van der Waals surface area contributed by atoms with Crippen LogP contribution in [0.5, 0.6) is 5.75 Å². The van der Waals surface area contributed by atoms with Crippen LogP contribution in [-0.4, -0.2) is 18.3 Å². The van der Waals surface area contributed by atoms with Crippen LogP contribution in [0.25, 0.3) is 0 Å². The molecule has 1 aromatic carbocycles. The van der Waals surface area contributed by atoms with Crippen LogP contribution in [0.3, 0.4) is 0 Å². The standard InChI is InChI=1S/C10H15NO2/c1-8(11)9-2-4-10(5-3-9)13-7-6-12/h2-5,8,12H,6-7,11H2,1H3. The van der Waals surface area contributed by atoms with Crippen LogP contribution in [0.2, 0.25) is 0 Å². The van der Waals surface area contributed by atoms with E-state index in [9.17, 15) is 0 Å². The summed E-state index contributed by atoms with van der Waals surface area (Å²) in [6.07, 6.45) is 0. The molecule has 0 aliphatic carbocycles. The maximum atomic E-state index is 8.53. The molecule has 3 nitrogen and oxygen atoms in total. The van der Waals surface area contributed by atoms with Gasteiger partial charge in [0.1, 0.15) is 12.4 Å². The summed E-state index contributed by atoms with van der Waals surface area (Å²) in [6, 6.07) is 7.61. The van der Waals surface area contributed by atoms with Crippen molar-refractivity contribution in [3.63, 3.8) is 0 Å². The van der Waals surface area contributed by atoms with Crippen LogP contribution in [0.15, 0.2) is 24.3 Å². The van der Waals surface area contributed by atoms with Gasteiger partial charge in [0, 0.05) is 6.04 Å². The lowest BCUT2D eigenvalue weighted by Crippen LogP contribution is -2.05. The highest BCUT2D eigenvalue weighted by Crippen LogP contribution is 2.15. The Balaban J connectivity index is 2.59. The molecule has 1 unspecified atom stereocenters. The zero-order chi connectivity index (χ0) is 9.68. The van der Waals surface area contributed by atoms with E-state index in [1.165, 1.54) is 0 Å². The molecule has 1 rings (SSSR count). The summed E-state index contributed by atoms with van der Waals surface area (Å²) in [5.74, 6) is 0.762. The Labute approximate surface area is 78.1 Å². The Kier molecular flexibility index (Phi) is 3.73. The van der Waals surface area contributed by atoms with Crippen LogP contribution < -0.4 is 10.5 Å². The summed E-state index contributed by atoms with van der Waals surface area (Å²) >= 11 is 0. The lowest BCUT2D eigenvalue weighted by Gasteiger charge is -2.07. The molecule has 0 bridgehead atoms. The number of hydrogen-bond donors (Lipinski definition) is 2. The molecule has 0 aromatic heterocycles. The predicted octanol–water partition coefficient (Wildman–Crippen LogP) is 1.08. The SMILES string of the molecule is CC(N)c1ccc(OCCO)cc1. The van der Waals surface area contributed by atoms with E-state index < -0.39 is 0 Å². The quantitative estimate of drug-likeness (QED) is 0.730. The molecule has 0 fully saturated rings. The maximum Gasteiger partial charge on any atom is 0.119 e. The van der Waals surface area contributed by atoms with Crippen LogP contribution in [0.1, 0.15) is 18.5 Å². The number of hydrogen-bond acceptors (Lipinski definition) is 3. The molecule has 0 aliphatic heterocycles. The highest BCUT2D eigenvalue weighted by molar-refractivity contribution is 5.28. The number of aliphatic hydroxyl groups is 1. The molecule has 13 heavy (non-hydrogen) atoms. The van der Waals surface area contributed by atoms with E-state index in [1.807, 2.05) is 31.2 Å². The highest BCUT2D eigenvalue weighted by atomic mass is 16.5. The van der Waals surface area contributed by atoms with Crippen LogP contribution in [0.4, 0.5) is 0 Å². The van der Waals surface area contributed by atoms with Crippen molar-refractivity contribution in [2.24, 2.45) is 5.73 Å². The number of aliphatic hydroxyl groups excluding tert-OH is 1. The molecule has 0 spiro atoms. The molecule has 0 radical (unpaired) electrons. The minimum absolute atomic E-state index is 0.0367. The van der Waals surface area contributed by atoms with Gasteiger partial charge < -0.3 is 15.6 Å². The van der Waals surface area contributed by atoms with Gasteiger partial charge >= 0.3 is 0 Å². The largest absolute Gasteiger partial charge is 0.491 e. The van der Waals surface area contributed by atoms with Gasteiger partial charge in [0.15, 0.2) is 0 Å². The summed E-state index contributed by atoms with van der Waals surface area (Å²) in [6.45, 7) is 2.30. The van der Waals surface area contributed by atoms with Crippen molar-refractivity contribution < 1.29 is 9.84 Å². The Morgan fingerprint density at radius 1 is 1.38 bits per heavy atom. The average Bonchev–Trinajstić information content (AvgIpc) is 2.15. The van der Waals surface area contributed by atoms with Crippen molar-refractivity contribution in [2.45, 2.75) is 13.0 Å². The molecule has 0 amide bonds. The van der Waals surface area contributed by atoms with E-state index in [2.05, 4.69) is 0 Å². The monoisotopic (exact) mass is 181 g/mol. The molecule has 1 aromatic rings. The molecule has 0 saturated carbocycles. The van der Waals surface area contributed by atoms with Crippen molar-refractivity contribution in [3.05, 3.63) is 29.8 Å². The van der Waals surface area contributed by atoms with E-state index in [0.29, 0.717) is 6.61 Å². The fourth-order valence-electron chi connectivity index (χ4n) is 1.03. The summed E-state index contributed by atoms with van der Waals surface area (Å²) in [4.78, 5) is 0. The summed E-state index contributed by atoms with van der Waals surface area (Å²) in [5.41, 5.74) is 6.76. The first-order chi connectivity index (χ1) is 6.24. The maximum absolute atomic E-state index is 8.53. The summed E-state index contributed by atoms with van der Waals surface area (Å²) < 4.78 is 5.20. The van der Waals surface area contributed by atoms with Crippen LogP contribution in [-0.2, 0) is 0 Å². The minimum atomic E-state index is 0.0367. The topological polar surface area (TPSA) is 55.5 Å². The normalized spacial score (nSPS) is 12.5. The zero-order valence-electron chi connectivity index (χ0n) is 7.73. The lowest BCUT2D eigenvalue weighted by atomic mass is 10.1. The van der Waals surface area contributed by atoms with Gasteiger partial charge in [-0.25, -0.2) is 0 Å². The molecule has 0 saturated heterocycles. The second-order valence-electron chi connectivity index (χ2n) is 2.93. The van der Waals surface area contributed by atoms with Gasteiger partial charge in [-0.1, -0.05) is 12.1 Å². The second kappa shape index (κ2) is 4.84. The van der Waals surface area contributed by atoms with Gasteiger partial charge in [-0.2, -0.15) is 0 Å². The smallest absolute Gasteiger partial charge is 0.119 e. The fourth-order valence-corrected chi connectivity index (χ4v) is 1.03. The van der Waals surface area contributed by atoms with Crippen molar-refractivity contribution in [1.29, 1.82) is 0 Å². The molecule has 3 N–H and O–H groups in total. The molecule has 0 aliphatic rings. The molecule has 1 atom stereocenters. The molecule has 0 heterocycles. The zero-order valence-corrected chi connectivity index (χ0v) is 7.73. The van der Waals surface area contributed by atoms with Gasteiger partial charge in [-0.3, -0.25) is 0 Å². The van der Waals surface area contributed by atoms with Gasteiger partial charge in [-0.15, -0.1) is 0 Å². The van der Waals surface area contributed by atoms with Crippen molar-refractivity contribution in [3.8, 4) is 5.75 Å². The van der Waals surface area contributed by atoms with Gasteiger partial charge in [0.2, 0.25) is 0 Å². The Morgan fingerprint density at radius 2 is 2.00 bits per heavy atom. The van der Waals surface area contributed by atoms with Gasteiger partial charge in [0.05, 0.1) is 6.61 Å². The Hall–Kier alpha value is -1.06. The Bertz CT molecular complexity index is 244. The number of benzene rings is 1. The third-order valence-electron chi connectivity index (χ3n) is 1.77. The van der Waals surface area contributed by atoms with Gasteiger partial charge in [0.25, 0.3) is 0 Å². The van der Waals surface area contributed by atoms with Crippen molar-refractivity contribution in [1.82, 2.24) is 0 Å². The third-order valence-corrected chi connectivity index (χ3v) is 1.77. The molecular formula is C10H15NO2. The van der Waals surface area contributed by atoms with Crippen molar-refractivity contribution in [2.75, 3.05) is 13.2 Å².